The first-order valence-electron chi connectivity index (χ1n) is 7.17. The number of carbonyl (C=O) groups is 1. The first-order chi connectivity index (χ1) is 10.4. The van der Waals surface area contributed by atoms with E-state index in [-0.39, 0.29) is 17.3 Å². The van der Waals surface area contributed by atoms with Gasteiger partial charge in [0.2, 0.25) is 6.43 Å². The summed E-state index contributed by atoms with van der Waals surface area (Å²) in [5, 5.41) is 7.01. The van der Waals surface area contributed by atoms with Crippen LogP contribution in [0.25, 0.3) is 0 Å². The molecular formula is C14H20ClF2N3O2. The zero-order valence-corrected chi connectivity index (χ0v) is 13.4. The van der Waals surface area contributed by atoms with Gasteiger partial charge in [0.25, 0.3) is 5.91 Å². The molecule has 0 aliphatic heterocycles. The second-order valence-corrected chi connectivity index (χ2v) is 6.15. The number of hydrogen-bond donors (Lipinski definition) is 1. The molecule has 0 saturated heterocycles. The number of halogens is 3. The Bertz CT molecular complexity index is 528. The van der Waals surface area contributed by atoms with Gasteiger partial charge in [-0.25, -0.2) is 8.78 Å². The molecule has 1 fully saturated rings. The fourth-order valence-corrected chi connectivity index (χ4v) is 3.07. The van der Waals surface area contributed by atoms with Crippen LogP contribution in [0.4, 0.5) is 8.78 Å². The van der Waals surface area contributed by atoms with Crippen molar-refractivity contribution in [2.45, 2.75) is 37.7 Å². The maximum Gasteiger partial charge on any atom is 0.273 e. The summed E-state index contributed by atoms with van der Waals surface area (Å²) in [4.78, 5) is 12.1. The summed E-state index contributed by atoms with van der Waals surface area (Å²) in [6.07, 6.45) is 1.02. The van der Waals surface area contributed by atoms with Crippen molar-refractivity contribution in [2.75, 3.05) is 13.7 Å². The lowest BCUT2D eigenvalue weighted by Gasteiger charge is -2.38. The highest BCUT2D eigenvalue weighted by molar-refractivity contribution is 6.33. The topological polar surface area (TPSA) is 56.1 Å². The van der Waals surface area contributed by atoms with E-state index < -0.39 is 23.9 Å². The molecule has 1 N–H and O–H groups in total. The Morgan fingerprint density at radius 1 is 1.59 bits per heavy atom. The minimum atomic E-state index is -2.29. The third-order valence-electron chi connectivity index (χ3n) is 4.30. The van der Waals surface area contributed by atoms with Crippen LogP contribution >= 0.6 is 11.6 Å². The van der Waals surface area contributed by atoms with Crippen molar-refractivity contribution in [2.24, 2.45) is 13.0 Å². The third-order valence-corrected chi connectivity index (χ3v) is 4.58. The van der Waals surface area contributed by atoms with Gasteiger partial charge in [-0.05, 0) is 25.7 Å². The molecule has 2 rings (SSSR count). The van der Waals surface area contributed by atoms with Gasteiger partial charge in [-0.3, -0.25) is 9.48 Å². The van der Waals surface area contributed by atoms with Crippen LogP contribution in [0.5, 0.6) is 0 Å². The van der Waals surface area contributed by atoms with Gasteiger partial charge in [0.1, 0.15) is 0 Å². The molecule has 1 aliphatic carbocycles. The zero-order valence-electron chi connectivity index (χ0n) is 12.6. The predicted molar refractivity (Wildman–Crippen MR) is 78.3 cm³/mol. The van der Waals surface area contributed by atoms with Crippen LogP contribution in [0.1, 0.15) is 36.2 Å². The van der Waals surface area contributed by atoms with Crippen molar-refractivity contribution in [3.63, 3.8) is 0 Å². The molecule has 1 aliphatic rings. The smallest absolute Gasteiger partial charge is 0.273 e. The van der Waals surface area contributed by atoms with Crippen molar-refractivity contribution >= 4 is 17.5 Å². The molecule has 1 saturated carbocycles. The molecule has 8 heteroatoms. The van der Waals surface area contributed by atoms with Crippen LogP contribution in [-0.2, 0) is 11.8 Å². The van der Waals surface area contributed by atoms with Crippen LogP contribution in [0.15, 0.2) is 6.20 Å². The zero-order chi connectivity index (χ0) is 16.3. The average Bonchev–Trinajstić information content (AvgIpc) is 2.84. The lowest BCUT2D eigenvalue weighted by molar-refractivity contribution is -0.0654. The molecule has 0 radical (unpaired) electrons. The van der Waals surface area contributed by atoms with E-state index in [0.717, 1.165) is 0 Å². The quantitative estimate of drug-likeness (QED) is 0.900. The second kappa shape index (κ2) is 6.91. The van der Waals surface area contributed by atoms with E-state index in [4.69, 9.17) is 16.3 Å². The maximum atomic E-state index is 12.7. The van der Waals surface area contributed by atoms with Crippen LogP contribution in [0.2, 0.25) is 5.02 Å². The Morgan fingerprint density at radius 2 is 2.23 bits per heavy atom. The minimum absolute atomic E-state index is 0.150. The summed E-state index contributed by atoms with van der Waals surface area (Å²) < 4.78 is 32.4. The summed E-state index contributed by atoms with van der Waals surface area (Å²) in [6, 6.07) is 0. The molecule has 0 bridgehead atoms. The molecule has 5 nitrogen and oxygen atoms in total. The molecule has 1 aromatic rings. The van der Waals surface area contributed by atoms with Gasteiger partial charge in [-0.2, -0.15) is 5.10 Å². The van der Waals surface area contributed by atoms with Crippen molar-refractivity contribution in [1.29, 1.82) is 0 Å². The first-order valence-corrected chi connectivity index (χ1v) is 7.55. The lowest BCUT2D eigenvalue weighted by atomic mass is 9.78. The number of alkyl halides is 2. The Balaban J connectivity index is 1.94. The van der Waals surface area contributed by atoms with Crippen molar-refractivity contribution in [1.82, 2.24) is 15.1 Å². The molecule has 0 aromatic carbocycles. The maximum absolute atomic E-state index is 12.7. The SMILES string of the molecule is COC1(CNC(=O)c2nn(C)cc2Cl)CCC(C(F)F)CC1. The average molecular weight is 336 g/mol. The van der Waals surface area contributed by atoms with Crippen LogP contribution < -0.4 is 5.32 Å². The number of rotatable bonds is 5. The number of methoxy groups -OCH3 is 1. The lowest BCUT2D eigenvalue weighted by Crippen LogP contribution is -2.47. The summed E-state index contributed by atoms with van der Waals surface area (Å²) in [5.74, 6) is -0.970. The Morgan fingerprint density at radius 3 is 2.68 bits per heavy atom. The number of aromatic nitrogens is 2. The predicted octanol–water partition coefficient (Wildman–Crippen LogP) is 2.64. The number of nitrogens with zero attached hydrogens (tertiary/aromatic N) is 2. The molecule has 124 valence electrons. The number of ether oxygens (including phenoxy) is 1. The van der Waals surface area contributed by atoms with Gasteiger partial charge < -0.3 is 10.1 Å². The fraction of sp³-hybridized carbons (Fsp3) is 0.714. The van der Waals surface area contributed by atoms with Crippen LogP contribution in [0.3, 0.4) is 0 Å². The summed E-state index contributed by atoms with van der Waals surface area (Å²) in [6.45, 7) is 0.255. The van der Waals surface area contributed by atoms with Gasteiger partial charge in [-0.15, -0.1) is 0 Å². The van der Waals surface area contributed by atoms with Gasteiger partial charge in [0.15, 0.2) is 5.69 Å². The van der Waals surface area contributed by atoms with E-state index in [0.29, 0.717) is 25.7 Å². The van der Waals surface area contributed by atoms with E-state index in [9.17, 15) is 13.6 Å². The molecular weight excluding hydrogens is 316 g/mol. The first kappa shape index (κ1) is 17.1. The number of hydrogen-bond acceptors (Lipinski definition) is 3. The Hall–Kier alpha value is -1.21. The van der Waals surface area contributed by atoms with E-state index in [1.54, 1.807) is 14.2 Å². The minimum Gasteiger partial charge on any atom is -0.376 e. The molecule has 22 heavy (non-hydrogen) atoms. The van der Waals surface area contributed by atoms with Crippen molar-refractivity contribution in [3.05, 3.63) is 16.9 Å². The highest BCUT2D eigenvalue weighted by Gasteiger charge is 2.38. The standard InChI is InChI=1S/C14H20ClF2N3O2/c1-20-7-10(15)11(19-20)13(21)18-8-14(22-2)5-3-9(4-6-14)12(16)17/h7,9,12H,3-6,8H2,1-2H3,(H,18,21). The van der Waals surface area contributed by atoms with E-state index >= 15 is 0 Å². The largest absolute Gasteiger partial charge is 0.376 e. The highest BCUT2D eigenvalue weighted by Crippen LogP contribution is 2.36. The molecule has 0 spiro atoms. The molecule has 1 amide bonds. The van der Waals surface area contributed by atoms with Crippen LogP contribution in [-0.4, -0.2) is 41.4 Å². The number of carbonyl (C=O) groups excluding carboxylic acids is 1. The molecule has 1 aromatic heterocycles. The van der Waals surface area contributed by atoms with E-state index in [2.05, 4.69) is 10.4 Å². The van der Waals surface area contributed by atoms with E-state index in [1.807, 2.05) is 0 Å². The van der Waals surface area contributed by atoms with E-state index in [1.165, 1.54) is 10.9 Å². The van der Waals surface area contributed by atoms with Gasteiger partial charge in [-0.1, -0.05) is 11.6 Å². The molecule has 0 unspecified atom stereocenters. The number of aryl methyl sites for hydroxylation is 1. The molecule has 0 atom stereocenters. The highest BCUT2D eigenvalue weighted by atomic mass is 35.5. The Kier molecular flexibility index (Phi) is 5.39. The molecule has 1 heterocycles. The monoisotopic (exact) mass is 335 g/mol. The normalized spacial score (nSPS) is 25.5. The summed E-state index contributed by atoms with van der Waals surface area (Å²) in [7, 11) is 3.22. The second-order valence-electron chi connectivity index (χ2n) is 5.74. The van der Waals surface area contributed by atoms with Gasteiger partial charge in [0, 0.05) is 32.8 Å². The number of nitrogens with one attached hydrogen (secondary N) is 1. The summed E-state index contributed by atoms with van der Waals surface area (Å²) >= 11 is 5.93. The van der Waals surface area contributed by atoms with Gasteiger partial charge in [0.05, 0.1) is 10.6 Å². The fourth-order valence-electron chi connectivity index (χ4n) is 2.81. The Labute approximate surface area is 133 Å². The van der Waals surface area contributed by atoms with Crippen molar-refractivity contribution < 1.29 is 18.3 Å². The third kappa shape index (κ3) is 3.76. The number of amides is 1. The summed E-state index contributed by atoms with van der Waals surface area (Å²) in [5.41, 5.74) is -0.445. The van der Waals surface area contributed by atoms with Crippen LogP contribution in [0, 0.1) is 5.92 Å². The van der Waals surface area contributed by atoms with Gasteiger partial charge >= 0.3 is 0 Å². The van der Waals surface area contributed by atoms with Crippen molar-refractivity contribution in [3.8, 4) is 0 Å².